The van der Waals surface area contributed by atoms with Gasteiger partial charge in [0.05, 0.1) is 10.2 Å². The summed E-state index contributed by atoms with van der Waals surface area (Å²) in [6.07, 6.45) is 4.90. The normalized spacial score (nSPS) is 15.1. The van der Waals surface area contributed by atoms with Gasteiger partial charge in [-0.2, -0.15) is 0 Å². The van der Waals surface area contributed by atoms with Crippen LogP contribution in [0.5, 0.6) is 5.75 Å². The van der Waals surface area contributed by atoms with Crippen LogP contribution in [0.4, 0.5) is 5.69 Å². The summed E-state index contributed by atoms with van der Waals surface area (Å²) >= 11 is 3.64. The van der Waals surface area contributed by atoms with Crippen molar-refractivity contribution in [3.8, 4) is 17.1 Å². The van der Waals surface area contributed by atoms with Gasteiger partial charge in [-0.3, -0.25) is 4.79 Å². The van der Waals surface area contributed by atoms with E-state index in [1.54, 1.807) is 6.20 Å². The molecule has 1 aliphatic rings. The van der Waals surface area contributed by atoms with E-state index in [1.807, 2.05) is 31.2 Å². The van der Waals surface area contributed by atoms with Crippen LogP contribution in [0.3, 0.4) is 0 Å². The molecule has 0 radical (unpaired) electrons. The second-order valence-corrected chi connectivity index (χ2v) is 9.00. The number of anilines is 1. The highest BCUT2D eigenvalue weighted by Crippen LogP contribution is 2.32. The van der Waals surface area contributed by atoms with Crippen LogP contribution < -0.4 is 15.4 Å². The average molecular weight is 501 g/mol. The number of likely N-dealkylation sites (tertiary alicyclic amines) is 1. The van der Waals surface area contributed by atoms with E-state index in [9.17, 15) is 4.79 Å². The number of nitrogens with one attached hydrogen (secondary N) is 3. The Bertz CT molecular complexity index is 1060. The van der Waals surface area contributed by atoms with Crippen molar-refractivity contribution in [2.45, 2.75) is 32.2 Å². The quantitative estimate of drug-likeness (QED) is 0.435. The standard InChI is InChI=1S/C23H29BrN6O2/c1-3-10-25-19(31)14-32-17-6-4-15(5-7-17)22-28-21-20(18(24)13-26-23(21)29-22)27-16-8-11-30(2)12-9-16/h4-7,13,16H,3,8-12,14H2,1-2H3,(H,25,31)(H2,26,27,28,29). The van der Waals surface area contributed by atoms with Crippen LogP contribution in [0.25, 0.3) is 22.6 Å². The van der Waals surface area contributed by atoms with E-state index < -0.39 is 0 Å². The number of H-pyrrole nitrogens is 1. The summed E-state index contributed by atoms with van der Waals surface area (Å²) in [5.41, 5.74) is 3.49. The van der Waals surface area contributed by atoms with E-state index in [1.165, 1.54) is 0 Å². The minimum atomic E-state index is -0.116. The highest BCUT2D eigenvalue weighted by atomic mass is 79.9. The van der Waals surface area contributed by atoms with Crippen molar-refractivity contribution in [3.05, 3.63) is 34.9 Å². The number of fused-ring (bicyclic) bond motifs is 1. The minimum Gasteiger partial charge on any atom is -0.484 e. The molecule has 1 fully saturated rings. The van der Waals surface area contributed by atoms with E-state index in [-0.39, 0.29) is 12.5 Å². The first-order valence-electron chi connectivity index (χ1n) is 11.0. The fraction of sp³-hybridized carbons (Fsp3) is 0.435. The van der Waals surface area contributed by atoms with Crippen LogP contribution in [0.15, 0.2) is 34.9 Å². The molecule has 0 spiro atoms. The molecule has 1 aliphatic heterocycles. The highest BCUT2D eigenvalue weighted by molar-refractivity contribution is 9.10. The summed E-state index contributed by atoms with van der Waals surface area (Å²) in [5, 5.41) is 6.48. The number of aromatic amines is 1. The number of halogens is 1. The number of imidazole rings is 1. The van der Waals surface area contributed by atoms with E-state index in [0.29, 0.717) is 24.0 Å². The molecule has 3 aromatic rings. The van der Waals surface area contributed by atoms with Gasteiger partial charge in [0.25, 0.3) is 5.91 Å². The van der Waals surface area contributed by atoms with Crippen molar-refractivity contribution in [2.24, 2.45) is 0 Å². The predicted octanol–water partition coefficient (Wildman–Crippen LogP) is 3.80. The molecule has 1 aromatic carbocycles. The topological polar surface area (TPSA) is 95.2 Å². The lowest BCUT2D eigenvalue weighted by atomic mass is 10.1. The number of carbonyl (C=O) groups is 1. The van der Waals surface area contributed by atoms with E-state index in [2.05, 4.69) is 53.5 Å². The Morgan fingerprint density at radius 1 is 1.28 bits per heavy atom. The molecule has 2 aromatic heterocycles. The lowest BCUT2D eigenvalue weighted by Crippen LogP contribution is -2.36. The molecule has 1 amide bonds. The molecule has 0 saturated carbocycles. The van der Waals surface area contributed by atoms with Gasteiger partial charge in [-0.05, 0) is 79.6 Å². The number of ether oxygens (including phenoxy) is 1. The molecule has 0 aliphatic carbocycles. The third-order valence-corrected chi connectivity index (χ3v) is 6.21. The molecule has 9 heteroatoms. The summed E-state index contributed by atoms with van der Waals surface area (Å²) < 4.78 is 6.49. The summed E-state index contributed by atoms with van der Waals surface area (Å²) in [5.74, 6) is 1.26. The molecule has 4 rings (SSSR count). The van der Waals surface area contributed by atoms with Crippen LogP contribution in [-0.2, 0) is 4.79 Å². The third kappa shape index (κ3) is 5.39. The number of aromatic nitrogens is 3. The Hall–Kier alpha value is -2.65. The minimum absolute atomic E-state index is 0.00786. The fourth-order valence-electron chi connectivity index (χ4n) is 3.74. The van der Waals surface area contributed by atoms with Crippen molar-refractivity contribution in [1.82, 2.24) is 25.2 Å². The van der Waals surface area contributed by atoms with Crippen LogP contribution >= 0.6 is 15.9 Å². The molecular weight excluding hydrogens is 472 g/mol. The maximum atomic E-state index is 11.7. The van der Waals surface area contributed by atoms with Crippen molar-refractivity contribution < 1.29 is 9.53 Å². The number of carbonyl (C=O) groups excluding carboxylic acids is 1. The second kappa shape index (κ2) is 10.3. The Labute approximate surface area is 196 Å². The summed E-state index contributed by atoms with van der Waals surface area (Å²) in [4.78, 5) is 26.7. The molecule has 170 valence electrons. The zero-order valence-electron chi connectivity index (χ0n) is 18.4. The van der Waals surface area contributed by atoms with Crippen molar-refractivity contribution in [2.75, 3.05) is 38.6 Å². The van der Waals surface area contributed by atoms with Gasteiger partial charge in [0.1, 0.15) is 17.1 Å². The number of benzene rings is 1. The molecule has 3 N–H and O–H groups in total. The van der Waals surface area contributed by atoms with Crippen LogP contribution in [0.2, 0.25) is 0 Å². The molecule has 1 saturated heterocycles. The van der Waals surface area contributed by atoms with Gasteiger partial charge in [-0.1, -0.05) is 6.92 Å². The Morgan fingerprint density at radius 3 is 2.75 bits per heavy atom. The fourth-order valence-corrected chi connectivity index (χ4v) is 4.16. The highest BCUT2D eigenvalue weighted by Gasteiger charge is 2.20. The third-order valence-electron chi connectivity index (χ3n) is 5.61. The predicted molar refractivity (Wildman–Crippen MR) is 130 cm³/mol. The number of hydrogen-bond acceptors (Lipinski definition) is 6. The summed E-state index contributed by atoms with van der Waals surface area (Å²) in [7, 11) is 2.16. The molecule has 3 heterocycles. The number of amides is 1. The van der Waals surface area contributed by atoms with Gasteiger partial charge in [0, 0.05) is 24.3 Å². The summed E-state index contributed by atoms with van der Waals surface area (Å²) in [6, 6.07) is 7.96. The van der Waals surface area contributed by atoms with Crippen molar-refractivity contribution in [3.63, 3.8) is 0 Å². The zero-order chi connectivity index (χ0) is 22.5. The monoisotopic (exact) mass is 500 g/mol. The summed E-state index contributed by atoms with van der Waals surface area (Å²) in [6.45, 7) is 4.86. The van der Waals surface area contributed by atoms with Gasteiger partial charge in [0.15, 0.2) is 12.3 Å². The lowest BCUT2D eigenvalue weighted by molar-refractivity contribution is -0.123. The SMILES string of the molecule is CCCNC(=O)COc1ccc(-c2nc3ncc(Br)c(NC4CCN(C)CC4)c3[nH]2)cc1. The maximum Gasteiger partial charge on any atom is 0.257 e. The van der Waals surface area contributed by atoms with Crippen LogP contribution in [0.1, 0.15) is 26.2 Å². The Balaban J connectivity index is 1.48. The lowest BCUT2D eigenvalue weighted by Gasteiger charge is -2.30. The molecule has 8 nitrogen and oxygen atoms in total. The van der Waals surface area contributed by atoms with Crippen molar-refractivity contribution >= 4 is 38.7 Å². The van der Waals surface area contributed by atoms with Crippen LogP contribution in [-0.4, -0.2) is 65.1 Å². The van der Waals surface area contributed by atoms with Gasteiger partial charge < -0.3 is 25.3 Å². The van der Waals surface area contributed by atoms with Gasteiger partial charge in [-0.15, -0.1) is 0 Å². The smallest absolute Gasteiger partial charge is 0.257 e. The first kappa shape index (κ1) is 22.5. The second-order valence-electron chi connectivity index (χ2n) is 8.15. The number of pyridine rings is 1. The van der Waals surface area contributed by atoms with Gasteiger partial charge in [-0.25, -0.2) is 9.97 Å². The largest absolute Gasteiger partial charge is 0.484 e. The zero-order valence-corrected chi connectivity index (χ0v) is 20.0. The molecule has 0 bridgehead atoms. The number of nitrogens with zero attached hydrogens (tertiary/aromatic N) is 3. The van der Waals surface area contributed by atoms with Gasteiger partial charge >= 0.3 is 0 Å². The molecular formula is C23H29BrN6O2. The van der Waals surface area contributed by atoms with E-state index in [0.717, 1.165) is 59.4 Å². The molecule has 0 atom stereocenters. The first-order chi connectivity index (χ1) is 15.5. The van der Waals surface area contributed by atoms with Crippen molar-refractivity contribution in [1.29, 1.82) is 0 Å². The number of rotatable bonds is 8. The first-order valence-corrected chi connectivity index (χ1v) is 11.8. The van der Waals surface area contributed by atoms with E-state index in [4.69, 9.17) is 4.74 Å². The number of piperidine rings is 1. The van der Waals surface area contributed by atoms with E-state index >= 15 is 0 Å². The Kier molecular flexibility index (Phi) is 7.26. The Morgan fingerprint density at radius 2 is 2.03 bits per heavy atom. The maximum absolute atomic E-state index is 11.7. The van der Waals surface area contributed by atoms with Gasteiger partial charge in [0.2, 0.25) is 0 Å². The average Bonchev–Trinajstić information content (AvgIpc) is 3.24. The molecule has 32 heavy (non-hydrogen) atoms. The van der Waals surface area contributed by atoms with Crippen LogP contribution in [0, 0.1) is 0 Å². The number of hydrogen-bond donors (Lipinski definition) is 3. The molecule has 0 unspecified atom stereocenters.